The summed E-state index contributed by atoms with van der Waals surface area (Å²) in [5.74, 6) is -0.702. The zero-order chi connectivity index (χ0) is 34.4. The van der Waals surface area contributed by atoms with Crippen LogP contribution in [-0.4, -0.2) is 50.4 Å². The summed E-state index contributed by atoms with van der Waals surface area (Å²) in [6.07, 6.45) is 5.18. The molecule has 0 radical (unpaired) electrons. The molecule has 7 rings (SSSR count). The van der Waals surface area contributed by atoms with Crippen LogP contribution in [0.1, 0.15) is 81.1 Å². The van der Waals surface area contributed by atoms with Gasteiger partial charge in [-0.3, -0.25) is 14.7 Å². The summed E-state index contributed by atoms with van der Waals surface area (Å²) in [5, 5.41) is 33.0. The van der Waals surface area contributed by atoms with Crippen molar-refractivity contribution in [3.05, 3.63) is 70.7 Å². The smallest absolute Gasteiger partial charge is 0.418 e. The Hall–Kier alpha value is -5.63. The summed E-state index contributed by atoms with van der Waals surface area (Å²) in [6.45, 7) is 8.68. The normalized spacial score (nSPS) is 18.5. The number of nitrogens with zero attached hydrogens (tertiary/aromatic N) is 8. The van der Waals surface area contributed by atoms with Crippen molar-refractivity contribution in [1.29, 1.82) is 10.5 Å². The van der Waals surface area contributed by atoms with E-state index in [1.807, 2.05) is 25.5 Å². The van der Waals surface area contributed by atoms with Gasteiger partial charge in [-0.1, -0.05) is 32.1 Å². The molecule has 1 atom stereocenters. The number of nitriles is 2. The van der Waals surface area contributed by atoms with Crippen LogP contribution >= 0.6 is 0 Å². The van der Waals surface area contributed by atoms with E-state index in [2.05, 4.69) is 37.7 Å². The molecule has 0 aliphatic heterocycles. The number of carbonyl (C=O) groups is 2. The predicted molar refractivity (Wildman–Crippen MR) is 171 cm³/mol. The largest absolute Gasteiger partial charge is 0.428 e. The van der Waals surface area contributed by atoms with Crippen LogP contribution in [0, 0.1) is 46.9 Å². The van der Waals surface area contributed by atoms with Crippen molar-refractivity contribution < 1.29 is 23.5 Å². The lowest BCUT2D eigenvalue weighted by Gasteiger charge is -2.61. The summed E-state index contributed by atoms with van der Waals surface area (Å²) in [5.41, 5.74) is 2.04. The predicted octanol–water partition coefficient (Wildman–Crippen LogP) is 5.63. The highest BCUT2D eigenvalue weighted by Crippen LogP contribution is 2.62. The molecule has 14 heteroatoms. The van der Waals surface area contributed by atoms with Crippen LogP contribution in [-0.2, 0) is 19.8 Å². The number of halogens is 1. The Morgan fingerprint density at radius 2 is 1.90 bits per heavy atom. The first-order chi connectivity index (χ1) is 22.8. The fraction of sp³-hybridized carbons (Fsp3) is 0.412. The van der Waals surface area contributed by atoms with Crippen molar-refractivity contribution in [2.75, 3.05) is 23.6 Å². The molecule has 4 aromatic rings. The fourth-order valence-corrected chi connectivity index (χ4v) is 6.34. The molecule has 0 saturated heterocycles. The number of pyridine rings is 2. The van der Waals surface area contributed by atoms with Crippen molar-refractivity contribution in [3.8, 4) is 12.1 Å². The molecule has 246 valence electrons. The highest BCUT2D eigenvalue weighted by atomic mass is 19.1. The summed E-state index contributed by atoms with van der Waals surface area (Å²) >= 11 is 0. The lowest BCUT2D eigenvalue weighted by atomic mass is 9.50. The molecule has 3 aliphatic carbocycles. The van der Waals surface area contributed by atoms with Gasteiger partial charge in [0.15, 0.2) is 0 Å². The van der Waals surface area contributed by atoms with Crippen molar-refractivity contribution in [1.82, 2.24) is 25.0 Å². The van der Waals surface area contributed by atoms with Gasteiger partial charge in [0, 0.05) is 36.3 Å². The zero-order valence-corrected chi connectivity index (χ0v) is 27.2. The second-order valence-electron chi connectivity index (χ2n) is 13.6. The third kappa shape index (κ3) is 5.97. The minimum Gasteiger partial charge on any atom is -0.428 e. The number of aromatic nitrogens is 5. The van der Waals surface area contributed by atoms with Crippen LogP contribution < -0.4 is 10.2 Å². The number of ether oxygens (including phenoxy) is 2. The van der Waals surface area contributed by atoms with Gasteiger partial charge < -0.3 is 14.8 Å². The fourth-order valence-electron chi connectivity index (χ4n) is 6.34. The molecule has 3 fully saturated rings. The molecule has 0 spiro atoms. The van der Waals surface area contributed by atoms with Crippen molar-refractivity contribution in [2.24, 2.45) is 11.3 Å². The SMILES string of the molecule is CC(=O)OCOC(=O)N(c1cc(C#N)c2ncc(C#N)c(NCC(C)(C)C)c2c1)C(c1cn(C23CC(C2)C3)nn1)c1ccc(F)nc1C. The lowest BCUT2D eigenvalue weighted by molar-refractivity contribution is -0.148. The minimum atomic E-state index is -1.08. The molecule has 48 heavy (non-hydrogen) atoms. The van der Waals surface area contributed by atoms with E-state index < -0.39 is 30.8 Å². The molecule has 3 heterocycles. The summed E-state index contributed by atoms with van der Waals surface area (Å²) in [7, 11) is 0. The van der Waals surface area contributed by atoms with Gasteiger partial charge in [-0.25, -0.2) is 14.5 Å². The molecule has 3 aliphatic rings. The van der Waals surface area contributed by atoms with Crippen molar-refractivity contribution in [3.63, 3.8) is 0 Å². The third-order valence-corrected chi connectivity index (χ3v) is 8.84. The number of fused-ring (bicyclic) bond motifs is 1. The Morgan fingerprint density at radius 3 is 2.50 bits per heavy atom. The van der Waals surface area contributed by atoms with Gasteiger partial charge >= 0.3 is 12.1 Å². The molecule has 1 N–H and O–H groups in total. The van der Waals surface area contributed by atoms with E-state index in [0.717, 1.165) is 19.3 Å². The van der Waals surface area contributed by atoms with Gasteiger partial charge in [0.1, 0.15) is 23.9 Å². The van der Waals surface area contributed by atoms with E-state index in [0.29, 0.717) is 40.3 Å². The maximum atomic E-state index is 14.3. The van der Waals surface area contributed by atoms with E-state index in [4.69, 9.17) is 9.47 Å². The average molecular weight is 652 g/mol. The van der Waals surface area contributed by atoms with E-state index in [1.165, 1.54) is 36.2 Å². The number of benzene rings is 1. The number of carbonyl (C=O) groups excluding carboxylic acids is 2. The van der Waals surface area contributed by atoms with Gasteiger partial charge in [0.25, 0.3) is 0 Å². The van der Waals surface area contributed by atoms with Crippen molar-refractivity contribution in [2.45, 2.75) is 65.5 Å². The molecule has 3 aromatic heterocycles. The number of anilines is 2. The zero-order valence-electron chi connectivity index (χ0n) is 27.2. The highest BCUT2D eigenvalue weighted by Gasteiger charge is 2.59. The monoisotopic (exact) mass is 651 g/mol. The number of hydrogen-bond donors (Lipinski definition) is 1. The van der Waals surface area contributed by atoms with Crippen molar-refractivity contribution >= 4 is 34.3 Å². The standard InChI is InChI=1S/C34H34FN9O4/c1-19-25(6-7-28(35)40-19)31(27-16-43(42-41-27)34-10-21(11-34)12-34)44(32(46)48-18-47-20(2)45)24-8-22(13-36)29-26(9-24)30(23(14-37)15-38-29)39-17-33(3,4)5/h6-9,15-16,21,31H,10-12,17-18H2,1-5H3,(H,38,39). The van der Waals surface area contributed by atoms with E-state index in [1.54, 1.807) is 19.2 Å². The molecule has 1 amide bonds. The van der Waals surface area contributed by atoms with E-state index in [-0.39, 0.29) is 33.5 Å². The Kier molecular flexibility index (Phi) is 8.21. The van der Waals surface area contributed by atoms with Crippen LogP contribution in [0.3, 0.4) is 0 Å². The molecular weight excluding hydrogens is 617 g/mol. The number of nitrogens with one attached hydrogen (secondary N) is 1. The average Bonchev–Trinajstić information content (AvgIpc) is 3.45. The maximum absolute atomic E-state index is 14.3. The highest BCUT2D eigenvalue weighted by molar-refractivity contribution is 6.01. The number of amides is 1. The topological polar surface area (TPSA) is 172 Å². The van der Waals surface area contributed by atoms with Gasteiger partial charge in [-0.2, -0.15) is 14.9 Å². The number of aryl methyl sites for hydroxylation is 1. The van der Waals surface area contributed by atoms with Crippen LogP contribution in [0.15, 0.2) is 36.7 Å². The summed E-state index contributed by atoms with van der Waals surface area (Å²) < 4.78 is 26.5. The minimum absolute atomic E-state index is 0.119. The first-order valence-electron chi connectivity index (χ1n) is 15.5. The lowest BCUT2D eigenvalue weighted by Crippen LogP contribution is -2.59. The first-order valence-corrected chi connectivity index (χ1v) is 15.5. The summed E-state index contributed by atoms with van der Waals surface area (Å²) in [4.78, 5) is 35.4. The van der Waals surface area contributed by atoms with Crippen LogP contribution in [0.25, 0.3) is 10.9 Å². The molecule has 1 unspecified atom stereocenters. The Morgan fingerprint density at radius 1 is 1.17 bits per heavy atom. The number of rotatable bonds is 9. The second kappa shape index (κ2) is 12.2. The van der Waals surface area contributed by atoms with Crippen LogP contribution in [0.5, 0.6) is 0 Å². The molecule has 2 bridgehead atoms. The third-order valence-electron chi connectivity index (χ3n) is 8.84. The molecule has 1 aromatic carbocycles. The second-order valence-corrected chi connectivity index (χ2v) is 13.6. The molecular formula is C34H34FN9O4. The number of hydrogen-bond acceptors (Lipinski definition) is 11. The van der Waals surface area contributed by atoms with Gasteiger partial charge in [0.05, 0.1) is 39.8 Å². The Bertz CT molecular complexity index is 2010. The quantitative estimate of drug-likeness (QED) is 0.135. The van der Waals surface area contributed by atoms with Gasteiger partial charge in [0.2, 0.25) is 12.7 Å². The first kappa shape index (κ1) is 32.3. The van der Waals surface area contributed by atoms with Gasteiger partial charge in [-0.05, 0) is 55.7 Å². The van der Waals surface area contributed by atoms with Crippen LogP contribution in [0.4, 0.5) is 20.6 Å². The van der Waals surface area contributed by atoms with E-state index >= 15 is 0 Å². The molecule has 3 saturated carbocycles. The molecule has 13 nitrogen and oxygen atoms in total. The summed E-state index contributed by atoms with van der Waals surface area (Å²) in [6, 6.07) is 9.05. The Labute approximate surface area is 276 Å². The van der Waals surface area contributed by atoms with E-state index in [9.17, 15) is 24.5 Å². The maximum Gasteiger partial charge on any atom is 0.418 e. The van der Waals surface area contributed by atoms with Gasteiger partial charge in [-0.15, -0.1) is 5.10 Å². The number of esters is 1. The Balaban J connectivity index is 1.57. The van der Waals surface area contributed by atoms with Crippen LogP contribution in [0.2, 0.25) is 0 Å².